The first-order valence-corrected chi connectivity index (χ1v) is 9.21. The van der Waals surface area contributed by atoms with E-state index < -0.39 is 0 Å². The highest BCUT2D eigenvalue weighted by atomic mass is 35.5. The molecule has 2 aromatic rings. The molecule has 0 radical (unpaired) electrons. The van der Waals surface area contributed by atoms with Crippen molar-refractivity contribution in [2.45, 2.75) is 26.7 Å². The zero-order valence-corrected chi connectivity index (χ0v) is 17.5. The summed E-state index contributed by atoms with van der Waals surface area (Å²) in [6.07, 6.45) is 1.45. The maximum Gasteiger partial charge on any atom is 0.265 e. The minimum Gasteiger partial charge on any atom is -0.493 e. The molecule has 0 aliphatic heterocycles. The minimum atomic E-state index is -0.279. The van der Waals surface area contributed by atoms with Crippen LogP contribution >= 0.6 is 11.6 Å². The fourth-order valence-corrected chi connectivity index (χ4v) is 3.02. The summed E-state index contributed by atoms with van der Waals surface area (Å²) in [4.78, 5) is 17.3. The molecule has 0 saturated heterocycles. The second kappa shape index (κ2) is 9.99. The number of para-hydroxylation sites is 1. The lowest BCUT2D eigenvalue weighted by atomic mass is 9.98. The van der Waals surface area contributed by atoms with Gasteiger partial charge in [-0.05, 0) is 36.1 Å². The van der Waals surface area contributed by atoms with E-state index in [2.05, 4.69) is 24.3 Å². The van der Waals surface area contributed by atoms with Crippen molar-refractivity contribution < 1.29 is 19.1 Å². The van der Waals surface area contributed by atoms with Crippen molar-refractivity contribution >= 4 is 29.4 Å². The molecular formula is C21H25ClN2O4. The van der Waals surface area contributed by atoms with Crippen molar-refractivity contribution in [3.05, 3.63) is 52.0 Å². The van der Waals surface area contributed by atoms with E-state index >= 15 is 0 Å². The van der Waals surface area contributed by atoms with E-state index in [-0.39, 0.29) is 12.5 Å². The Morgan fingerprint density at radius 1 is 1.25 bits per heavy atom. The molecule has 1 N–H and O–H groups in total. The van der Waals surface area contributed by atoms with Crippen molar-refractivity contribution in [1.82, 2.24) is 0 Å². The normalized spacial score (nSPS) is 11.0. The number of amides is 1. The molecule has 0 bridgehead atoms. The number of carbonyl (C=O) groups is 1. The summed E-state index contributed by atoms with van der Waals surface area (Å²) in [7, 11) is 3.03. The van der Waals surface area contributed by atoms with Gasteiger partial charge in [-0.15, -0.1) is 0 Å². The molecule has 2 aromatic carbocycles. The molecule has 0 heterocycles. The second-order valence-corrected chi connectivity index (χ2v) is 6.90. The van der Waals surface area contributed by atoms with Gasteiger partial charge in [0.25, 0.3) is 5.91 Å². The quantitative estimate of drug-likeness (QED) is 0.507. The largest absolute Gasteiger partial charge is 0.493 e. The number of oxime groups is 1. The van der Waals surface area contributed by atoms with Gasteiger partial charge in [-0.3, -0.25) is 4.79 Å². The van der Waals surface area contributed by atoms with Crippen LogP contribution in [0.25, 0.3) is 0 Å². The van der Waals surface area contributed by atoms with Gasteiger partial charge in [0, 0.05) is 11.3 Å². The van der Waals surface area contributed by atoms with Crippen molar-refractivity contribution in [1.29, 1.82) is 0 Å². The van der Waals surface area contributed by atoms with Crippen molar-refractivity contribution in [3.63, 3.8) is 0 Å². The number of ether oxygens (including phenoxy) is 2. The van der Waals surface area contributed by atoms with E-state index in [1.807, 2.05) is 25.1 Å². The molecule has 1 amide bonds. The number of aryl methyl sites for hydroxylation is 1. The Hall–Kier alpha value is -2.73. The molecular weight excluding hydrogens is 380 g/mol. The fraction of sp³-hybridized carbons (Fsp3) is 0.333. The molecule has 150 valence electrons. The molecule has 6 nitrogen and oxygen atoms in total. The first kappa shape index (κ1) is 21.6. The highest BCUT2D eigenvalue weighted by molar-refractivity contribution is 6.32. The van der Waals surface area contributed by atoms with Gasteiger partial charge >= 0.3 is 0 Å². The van der Waals surface area contributed by atoms with Crippen molar-refractivity contribution in [3.8, 4) is 11.5 Å². The molecule has 0 aromatic heterocycles. The van der Waals surface area contributed by atoms with Crippen LogP contribution in [0.4, 0.5) is 5.69 Å². The molecule has 2 rings (SSSR count). The van der Waals surface area contributed by atoms with Gasteiger partial charge in [-0.2, -0.15) is 0 Å². The average Bonchev–Trinajstić information content (AvgIpc) is 2.66. The number of nitrogens with one attached hydrogen (secondary N) is 1. The van der Waals surface area contributed by atoms with E-state index in [0.717, 1.165) is 16.8 Å². The number of hydrogen-bond donors (Lipinski definition) is 1. The van der Waals surface area contributed by atoms with Crippen LogP contribution in [0.2, 0.25) is 5.02 Å². The van der Waals surface area contributed by atoms with Gasteiger partial charge in [0.2, 0.25) is 0 Å². The van der Waals surface area contributed by atoms with Gasteiger partial charge < -0.3 is 19.6 Å². The number of halogens is 1. The van der Waals surface area contributed by atoms with Crippen LogP contribution in [-0.4, -0.2) is 32.9 Å². The summed E-state index contributed by atoms with van der Waals surface area (Å²) in [5.74, 6) is 0.943. The Kier molecular flexibility index (Phi) is 7.70. The van der Waals surface area contributed by atoms with Gasteiger partial charge in [-0.25, -0.2) is 0 Å². The number of benzene rings is 2. The molecule has 7 heteroatoms. The van der Waals surface area contributed by atoms with Crippen LogP contribution < -0.4 is 14.8 Å². The fourth-order valence-electron chi connectivity index (χ4n) is 2.72. The molecule has 0 fully saturated rings. The first-order valence-electron chi connectivity index (χ1n) is 8.83. The highest BCUT2D eigenvalue weighted by Gasteiger charge is 2.13. The Balaban J connectivity index is 1.99. The lowest BCUT2D eigenvalue weighted by molar-refractivity contribution is -0.120. The molecule has 0 saturated carbocycles. The monoisotopic (exact) mass is 404 g/mol. The van der Waals surface area contributed by atoms with Gasteiger partial charge in [0.15, 0.2) is 18.1 Å². The zero-order chi connectivity index (χ0) is 20.7. The summed E-state index contributed by atoms with van der Waals surface area (Å²) in [5, 5.41) is 7.13. The van der Waals surface area contributed by atoms with Crippen LogP contribution in [0.5, 0.6) is 11.5 Å². The standard InChI is InChI=1S/C21H25ClN2O4/c1-13(2)16-8-6-7-14(3)20(16)24-19(25)12-28-23-11-15-9-17(22)21(27-5)18(10-15)26-4/h6-11,13H,12H2,1-5H3,(H,24,25)/b23-11+. The Morgan fingerprint density at radius 3 is 2.64 bits per heavy atom. The summed E-state index contributed by atoms with van der Waals surface area (Å²) in [6, 6.07) is 9.32. The summed E-state index contributed by atoms with van der Waals surface area (Å²) < 4.78 is 10.4. The van der Waals surface area contributed by atoms with Crippen LogP contribution in [0.15, 0.2) is 35.5 Å². The van der Waals surface area contributed by atoms with Crippen molar-refractivity contribution in [2.75, 3.05) is 26.1 Å². The smallest absolute Gasteiger partial charge is 0.265 e. The molecule has 0 spiro atoms. The van der Waals surface area contributed by atoms with E-state index in [9.17, 15) is 4.79 Å². The third kappa shape index (κ3) is 5.39. The predicted octanol–water partition coefficient (Wildman–Crippen LogP) is 4.78. The van der Waals surface area contributed by atoms with Crippen LogP contribution in [-0.2, 0) is 9.63 Å². The number of nitrogens with zero attached hydrogens (tertiary/aromatic N) is 1. The van der Waals surface area contributed by atoms with E-state index in [1.165, 1.54) is 20.4 Å². The van der Waals surface area contributed by atoms with E-state index in [0.29, 0.717) is 28.0 Å². The topological polar surface area (TPSA) is 69.2 Å². The Labute approximate surface area is 170 Å². The van der Waals surface area contributed by atoms with Crippen molar-refractivity contribution in [2.24, 2.45) is 5.16 Å². The maximum absolute atomic E-state index is 12.2. The maximum atomic E-state index is 12.2. The number of carbonyl (C=O) groups excluding carboxylic acids is 1. The van der Waals surface area contributed by atoms with Gasteiger partial charge in [0.05, 0.1) is 25.5 Å². The molecule has 0 aliphatic carbocycles. The average molecular weight is 405 g/mol. The number of rotatable bonds is 8. The Bertz CT molecular complexity index is 866. The highest BCUT2D eigenvalue weighted by Crippen LogP contribution is 2.35. The summed E-state index contributed by atoms with van der Waals surface area (Å²) in [6.45, 7) is 5.92. The summed E-state index contributed by atoms with van der Waals surface area (Å²) >= 11 is 6.15. The second-order valence-electron chi connectivity index (χ2n) is 6.49. The number of anilines is 1. The van der Waals surface area contributed by atoms with E-state index in [4.69, 9.17) is 25.9 Å². The Morgan fingerprint density at radius 2 is 2.00 bits per heavy atom. The lowest BCUT2D eigenvalue weighted by Crippen LogP contribution is -2.19. The molecule has 0 aliphatic rings. The SMILES string of the molecule is COc1cc(/C=N/OCC(=O)Nc2c(C)cccc2C(C)C)cc(Cl)c1OC. The number of hydrogen-bond acceptors (Lipinski definition) is 5. The predicted molar refractivity (Wildman–Crippen MR) is 112 cm³/mol. The van der Waals surface area contributed by atoms with Crippen LogP contribution in [0.1, 0.15) is 36.5 Å². The third-order valence-electron chi connectivity index (χ3n) is 4.12. The third-order valence-corrected chi connectivity index (χ3v) is 4.40. The first-order chi connectivity index (χ1) is 13.4. The van der Waals surface area contributed by atoms with Crippen LogP contribution in [0, 0.1) is 6.92 Å². The van der Waals surface area contributed by atoms with Gasteiger partial charge in [-0.1, -0.05) is 48.8 Å². The zero-order valence-electron chi connectivity index (χ0n) is 16.7. The van der Waals surface area contributed by atoms with Crippen LogP contribution in [0.3, 0.4) is 0 Å². The number of methoxy groups -OCH3 is 2. The molecule has 0 atom stereocenters. The van der Waals surface area contributed by atoms with E-state index in [1.54, 1.807) is 12.1 Å². The van der Waals surface area contributed by atoms with Gasteiger partial charge in [0.1, 0.15) is 0 Å². The summed E-state index contributed by atoms with van der Waals surface area (Å²) in [5.41, 5.74) is 3.56. The molecule has 28 heavy (non-hydrogen) atoms. The minimum absolute atomic E-state index is 0.205. The lowest BCUT2D eigenvalue weighted by Gasteiger charge is -2.16. The molecule has 0 unspecified atom stereocenters.